The Morgan fingerprint density at radius 1 is 1.50 bits per heavy atom. The fraction of sp³-hybridized carbons (Fsp3) is 0.400. The monoisotopic (exact) mass is 251 g/mol. The Morgan fingerprint density at radius 3 is 2.78 bits per heavy atom. The van der Waals surface area contributed by atoms with Crippen molar-refractivity contribution in [1.82, 2.24) is 15.3 Å². The van der Waals surface area contributed by atoms with Gasteiger partial charge in [0, 0.05) is 6.20 Å². The zero-order valence-electron chi connectivity index (χ0n) is 9.77. The number of nitrogens with one attached hydrogen (secondary N) is 2. The molecule has 0 bridgehead atoms. The van der Waals surface area contributed by atoms with E-state index in [1.807, 2.05) is 0 Å². The lowest BCUT2D eigenvalue weighted by molar-refractivity contribution is -0.120. The summed E-state index contributed by atoms with van der Waals surface area (Å²) >= 11 is 0. The van der Waals surface area contributed by atoms with E-state index in [1.165, 1.54) is 19.4 Å². The molecule has 0 spiro atoms. The number of rotatable bonds is 4. The predicted molar refractivity (Wildman–Crippen MR) is 61.9 cm³/mol. The molecular formula is C10H13N5O3. The van der Waals surface area contributed by atoms with Crippen molar-refractivity contribution >= 4 is 17.8 Å². The third kappa shape index (κ3) is 2.47. The van der Waals surface area contributed by atoms with Crippen molar-refractivity contribution < 1.29 is 14.3 Å². The number of anilines is 1. The standard InChI is InChI=1S/C10H13N5O3/c1-18-9-12-5-2-6(14-9)13-8(17)15-10(3-4-10)7(11)16/h2,5H,3-4H2,1H3,(H2,11,16)(H2,12,13,14,15,17). The van der Waals surface area contributed by atoms with E-state index >= 15 is 0 Å². The maximum atomic E-state index is 11.6. The van der Waals surface area contributed by atoms with Gasteiger partial charge in [-0.15, -0.1) is 0 Å². The molecule has 1 aromatic heterocycles. The number of carbonyl (C=O) groups excluding carboxylic acids is 2. The highest BCUT2D eigenvalue weighted by Gasteiger charge is 2.49. The van der Waals surface area contributed by atoms with Crippen molar-refractivity contribution in [2.24, 2.45) is 5.73 Å². The quantitative estimate of drug-likeness (QED) is 0.674. The first-order chi connectivity index (χ1) is 8.55. The Labute approximate surface area is 103 Å². The molecule has 8 nitrogen and oxygen atoms in total. The number of nitrogens with two attached hydrogens (primary N) is 1. The third-order valence-electron chi connectivity index (χ3n) is 2.63. The van der Waals surface area contributed by atoms with E-state index < -0.39 is 17.5 Å². The van der Waals surface area contributed by atoms with Gasteiger partial charge >= 0.3 is 12.0 Å². The zero-order valence-corrected chi connectivity index (χ0v) is 9.77. The predicted octanol–water partition coefficient (Wildman–Crippen LogP) is -0.375. The molecule has 1 fully saturated rings. The minimum atomic E-state index is -0.902. The van der Waals surface area contributed by atoms with Crippen LogP contribution in [0.15, 0.2) is 12.3 Å². The van der Waals surface area contributed by atoms with Crippen LogP contribution in [0.25, 0.3) is 0 Å². The van der Waals surface area contributed by atoms with Gasteiger partial charge in [0.15, 0.2) is 0 Å². The first-order valence-corrected chi connectivity index (χ1v) is 5.32. The Balaban J connectivity index is 1.97. The summed E-state index contributed by atoms with van der Waals surface area (Å²) in [6, 6.07) is 1.11. The molecule has 1 aliphatic rings. The van der Waals surface area contributed by atoms with Gasteiger partial charge in [-0.25, -0.2) is 9.78 Å². The molecule has 0 saturated heterocycles. The summed E-state index contributed by atoms with van der Waals surface area (Å²) in [5.74, 6) is -0.252. The molecule has 0 atom stereocenters. The number of carbonyl (C=O) groups is 2. The molecule has 0 radical (unpaired) electrons. The van der Waals surface area contributed by atoms with E-state index in [-0.39, 0.29) is 11.8 Å². The number of urea groups is 1. The summed E-state index contributed by atoms with van der Waals surface area (Å²) in [5, 5.41) is 5.01. The maximum Gasteiger partial charge on any atom is 0.321 e. The molecule has 96 valence electrons. The number of methoxy groups -OCH3 is 1. The van der Waals surface area contributed by atoms with Crippen molar-refractivity contribution in [2.75, 3.05) is 12.4 Å². The summed E-state index contributed by atoms with van der Waals surface area (Å²) in [4.78, 5) is 30.5. The lowest BCUT2D eigenvalue weighted by Gasteiger charge is -2.13. The normalized spacial score (nSPS) is 15.6. The molecule has 8 heteroatoms. The number of ether oxygens (including phenoxy) is 1. The maximum absolute atomic E-state index is 11.6. The number of hydrogen-bond donors (Lipinski definition) is 3. The highest BCUT2D eigenvalue weighted by Crippen LogP contribution is 2.34. The fourth-order valence-electron chi connectivity index (χ4n) is 1.43. The van der Waals surface area contributed by atoms with Gasteiger partial charge in [0.05, 0.1) is 7.11 Å². The van der Waals surface area contributed by atoms with Gasteiger partial charge in [0.2, 0.25) is 5.91 Å². The third-order valence-corrected chi connectivity index (χ3v) is 2.63. The van der Waals surface area contributed by atoms with E-state index in [1.54, 1.807) is 0 Å². The van der Waals surface area contributed by atoms with E-state index in [0.717, 1.165) is 0 Å². The molecule has 0 unspecified atom stereocenters. The molecule has 0 aliphatic heterocycles. The Hall–Kier alpha value is -2.38. The molecule has 4 N–H and O–H groups in total. The van der Waals surface area contributed by atoms with Crippen LogP contribution in [-0.2, 0) is 4.79 Å². The first kappa shape index (κ1) is 12.1. The van der Waals surface area contributed by atoms with Crippen LogP contribution in [0.1, 0.15) is 12.8 Å². The minimum absolute atomic E-state index is 0.142. The van der Waals surface area contributed by atoms with Crippen molar-refractivity contribution in [3.05, 3.63) is 12.3 Å². The van der Waals surface area contributed by atoms with Gasteiger partial charge in [0.1, 0.15) is 11.4 Å². The minimum Gasteiger partial charge on any atom is -0.467 e. The van der Waals surface area contributed by atoms with Crippen LogP contribution in [0.5, 0.6) is 6.01 Å². The second-order valence-electron chi connectivity index (χ2n) is 3.95. The fourth-order valence-corrected chi connectivity index (χ4v) is 1.43. The zero-order chi connectivity index (χ0) is 13.2. The van der Waals surface area contributed by atoms with Crippen LogP contribution >= 0.6 is 0 Å². The van der Waals surface area contributed by atoms with Gasteiger partial charge in [0.25, 0.3) is 0 Å². The Bertz CT molecular complexity index is 486. The van der Waals surface area contributed by atoms with Crippen LogP contribution in [0, 0.1) is 0 Å². The molecule has 1 saturated carbocycles. The average Bonchev–Trinajstić information content (AvgIpc) is 3.10. The van der Waals surface area contributed by atoms with E-state index in [2.05, 4.69) is 20.6 Å². The summed E-state index contributed by atoms with van der Waals surface area (Å²) in [5.41, 5.74) is 4.29. The molecule has 1 aromatic rings. The lowest BCUT2D eigenvalue weighted by atomic mass is 10.2. The summed E-state index contributed by atoms with van der Waals surface area (Å²) in [7, 11) is 1.42. The van der Waals surface area contributed by atoms with Crippen LogP contribution in [-0.4, -0.2) is 34.6 Å². The van der Waals surface area contributed by atoms with Crippen LogP contribution < -0.4 is 21.1 Å². The van der Waals surface area contributed by atoms with Crippen molar-refractivity contribution in [3.63, 3.8) is 0 Å². The summed E-state index contributed by atoms with van der Waals surface area (Å²) in [6.45, 7) is 0. The Morgan fingerprint density at radius 2 is 2.22 bits per heavy atom. The lowest BCUT2D eigenvalue weighted by Crippen LogP contribution is -2.48. The number of nitrogens with zero attached hydrogens (tertiary/aromatic N) is 2. The molecule has 1 aliphatic carbocycles. The molecule has 0 aromatic carbocycles. The van der Waals surface area contributed by atoms with E-state index in [0.29, 0.717) is 12.8 Å². The van der Waals surface area contributed by atoms with Crippen molar-refractivity contribution in [2.45, 2.75) is 18.4 Å². The second kappa shape index (κ2) is 4.47. The van der Waals surface area contributed by atoms with Crippen LogP contribution in [0.2, 0.25) is 0 Å². The van der Waals surface area contributed by atoms with Gasteiger partial charge in [-0.1, -0.05) is 0 Å². The van der Waals surface area contributed by atoms with Gasteiger partial charge in [-0.2, -0.15) is 4.98 Å². The SMILES string of the molecule is COc1nccc(NC(=O)NC2(C(N)=O)CC2)n1. The molecule has 3 amide bonds. The Kier molecular flexibility index (Phi) is 3.00. The van der Waals surface area contributed by atoms with Crippen LogP contribution in [0.3, 0.4) is 0 Å². The first-order valence-electron chi connectivity index (χ1n) is 5.32. The van der Waals surface area contributed by atoms with E-state index in [4.69, 9.17) is 10.5 Å². The smallest absolute Gasteiger partial charge is 0.321 e. The number of aromatic nitrogens is 2. The second-order valence-corrected chi connectivity index (χ2v) is 3.95. The van der Waals surface area contributed by atoms with Gasteiger partial charge < -0.3 is 15.8 Å². The highest BCUT2D eigenvalue weighted by molar-refractivity contribution is 5.96. The molecule has 1 heterocycles. The summed E-state index contributed by atoms with van der Waals surface area (Å²) in [6.07, 6.45) is 2.56. The summed E-state index contributed by atoms with van der Waals surface area (Å²) < 4.78 is 4.82. The number of amides is 3. The number of primary amides is 1. The topological polar surface area (TPSA) is 119 Å². The van der Waals surface area contributed by atoms with Crippen LogP contribution in [0.4, 0.5) is 10.6 Å². The molecule has 2 rings (SSSR count). The highest BCUT2D eigenvalue weighted by atomic mass is 16.5. The van der Waals surface area contributed by atoms with Crippen molar-refractivity contribution in [3.8, 4) is 6.01 Å². The molecular weight excluding hydrogens is 238 g/mol. The van der Waals surface area contributed by atoms with Gasteiger partial charge in [-0.05, 0) is 18.9 Å². The number of hydrogen-bond acceptors (Lipinski definition) is 5. The molecule has 18 heavy (non-hydrogen) atoms. The van der Waals surface area contributed by atoms with Crippen molar-refractivity contribution in [1.29, 1.82) is 0 Å². The van der Waals surface area contributed by atoms with Gasteiger partial charge in [-0.3, -0.25) is 10.1 Å². The largest absolute Gasteiger partial charge is 0.467 e. The van der Waals surface area contributed by atoms with E-state index in [9.17, 15) is 9.59 Å². The average molecular weight is 251 g/mol.